The Kier molecular flexibility index (Phi) is 3.05. The van der Waals surface area contributed by atoms with E-state index in [2.05, 4.69) is 10.2 Å². The van der Waals surface area contributed by atoms with Crippen LogP contribution >= 0.6 is 0 Å². The van der Waals surface area contributed by atoms with Gasteiger partial charge in [-0.05, 0) is 36.8 Å². The van der Waals surface area contributed by atoms with Crippen LogP contribution in [-0.2, 0) is 0 Å². The smallest absolute Gasteiger partial charge is 0.272 e. The molecule has 0 aliphatic rings. The zero-order valence-electron chi connectivity index (χ0n) is 11.6. The predicted octanol–water partition coefficient (Wildman–Crippen LogP) is 2.34. The molecule has 5 N–H and O–H groups in total. The van der Waals surface area contributed by atoms with Crippen LogP contribution < -0.4 is 17.0 Å². The lowest BCUT2D eigenvalue weighted by Gasteiger charge is -2.11. The largest absolute Gasteiger partial charge is 0.397 e. The maximum atomic E-state index is 13.6. The third kappa shape index (κ3) is 2.07. The standard InChI is InChI=1S/C15H12F2N4O/c1-6-2-12(18)13(19)5-7(6)14-8-3-10(16)11(17)4-9(8)15(22)21-20-14/h2-5H,18-19H2,1H3,(H,21,22). The third-order valence-electron chi connectivity index (χ3n) is 3.51. The van der Waals surface area contributed by atoms with Gasteiger partial charge in [-0.15, -0.1) is 0 Å². The van der Waals surface area contributed by atoms with E-state index in [1.165, 1.54) is 0 Å². The molecule has 3 rings (SSSR count). The average Bonchev–Trinajstić information content (AvgIpc) is 2.46. The number of nitrogens with one attached hydrogen (secondary N) is 1. The van der Waals surface area contributed by atoms with Crippen molar-refractivity contribution >= 4 is 22.1 Å². The van der Waals surface area contributed by atoms with Crippen molar-refractivity contribution in [3.05, 3.63) is 51.8 Å². The van der Waals surface area contributed by atoms with Crippen molar-refractivity contribution in [2.24, 2.45) is 0 Å². The second-order valence-corrected chi connectivity index (χ2v) is 5.01. The van der Waals surface area contributed by atoms with E-state index in [-0.39, 0.29) is 10.8 Å². The Labute approximate surface area is 123 Å². The lowest BCUT2D eigenvalue weighted by atomic mass is 9.99. The maximum Gasteiger partial charge on any atom is 0.272 e. The summed E-state index contributed by atoms with van der Waals surface area (Å²) in [6, 6.07) is 5.05. The van der Waals surface area contributed by atoms with Crippen LogP contribution in [0.5, 0.6) is 0 Å². The monoisotopic (exact) mass is 302 g/mol. The zero-order valence-corrected chi connectivity index (χ0v) is 11.6. The number of hydrogen-bond acceptors (Lipinski definition) is 4. The van der Waals surface area contributed by atoms with Crippen molar-refractivity contribution in [2.45, 2.75) is 6.92 Å². The lowest BCUT2D eigenvalue weighted by molar-refractivity contribution is 0.511. The first kappa shape index (κ1) is 14.0. The number of halogens is 2. The number of fused-ring (bicyclic) bond motifs is 1. The first-order chi connectivity index (χ1) is 10.4. The average molecular weight is 302 g/mol. The van der Waals surface area contributed by atoms with E-state index >= 15 is 0 Å². The molecule has 0 amide bonds. The van der Waals surface area contributed by atoms with E-state index in [9.17, 15) is 13.6 Å². The molecule has 0 saturated carbocycles. The van der Waals surface area contributed by atoms with E-state index in [0.29, 0.717) is 22.6 Å². The summed E-state index contributed by atoms with van der Waals surface area (Å²) in [6.45, 7) is 1.78. The van der Waals surface area contributed by atoms with Crippen molar-refractivity contribution in [3.63, 3.8) is 0 Å². The van der Waals surface area contributed by atoms with Crippen molar-refractivity contribution in [3.8, 4) is 11.3 Å². The summed E-state index contributed by atoms with van der Waals surface area (Å²) in [7, 11) is 0. The van der Waals surface area contributed by atoms with Gasteiger partial charge in [-0.1, -0.05) is 0 Å². The van der Waals surface area contributed by atoms with Gasteiger partial charge >= 0.3 is 0 Å². The minimum Gasteiger partial charge on any atom is -0.397 e. The Hall–Kier alpha value is -2.96. The van der Waals surface area contributed by atoms with E-state index < -0.39 is 17.2 Å². The van der Waals surface area contributed by atoms with Gasteiger partial charge < -0.3 is 11.5 Å². The second kappa shape index (κ2) is 4.80. The Morgan fingerprint density at radius 2 is 1.59 bits per heavy atom. The fourth-order valence-electron chi connectivity index (χ4n) is 2.37. The fourth-order valence-corrected chi connectivity index (χ4v) is 2.37. The number of rotatable bonds is 1. The van der Waals surface area contributed by atoms with Crippen LogP contribution in [-0.4, -0.2) is 10.2 Å². The van der Waals surface area contributed by atoms with E-state index in [4.69, 9.17) is 11.5 Å². The highest BCUT2D eigenvalue weighted by molar-refractivity contribution is 5.95. The van der Waals surface area contributed by atoms with Gasteiger partial charge in [0.15, 0.2) is 11.6 Å². The Morgan fingerprint density at radius 3 is 2.27 bits per heavy atom. The van der Waals surface area contributed by atoms with Crippen molar-refractivity contribution < 1.29 is 8.78 Å². The Bertz CT molecular complexity index is 966. The molecule has 1 heterocycles. The highest BCUT2D eigenvalue weighted by Crippen LogP contribution is 2.32. The Balaban J connectivity index is 2.42. The van der Waals surface area contributed by atoms with Crippen LogP contribution in [0.15, 0.2) is 29.1 Å². The van der Waals surface area contributed by atoms with E-state index in [1.807, 2.05) is 0 Å². The summed E-state index contributed by atoms with van der Waals surface area (Å²) in [4.78, 5) is 11.8. The van der Waals surface area contributed by atoms with Crippen LogP contribution in [0, 0.1) is 18.6 Å². The predicted molar refractivity (Wildman–Crippen MR) is 81.3 cm³/mol. The summed E-state index contributed by atoms with van der Waals surface area (Å²) in [6.07, 6.45) is 0. The van der Waals surface area contributed by atoms with Gasteiger partial charge in [-0.2, -0.15) is 5.10 Å². The first-order valence-corrected chi connectivity index (χ1v) is 6.42. The highest BCUT2D eigenvalue weighted by Gasteiger charge is 2.15. The molecule has 5 nitrogen and oxygen atoms in total. The van der Waals surface area contributed by atoms with Crippen molar-refractivity contribution in [2.75, 3.05) is 11.5 Å². The molecular weight excluding hydrogens is 290 g/mol. The maximum absolute atomic E-state index is 13.6. The minimum absolute atomic E-state index is 0.0127. The molecule has 0 fully saturated rings. The summed E-state index contributed by atoms with van der Waals surface area (Å²) in [5.74, 6) is -2.15. The molecule has 112 valence electrons. The SMILES string of the molecule is Cc1cc(N)c(N)cc1-c1n[nH]c(=O)c2cc(F)c(F)cc12. The summed E-state index contributed by atoms with van der Waals surface area (Å²) >= 11 is 0. The molecule has 0 aliphatic carbocycles. The normalized spacial score (nSPS) is 11.0. The van der Waals surface area contributed by atoms with Gasteiger partial charge in [0.2, 0.25) is 0 Å². The number of nitrogens with zero attached hydrogens (tertiary/aromatic N) is 1. The Morgan fingerprint density at radius 1 is 1.00 bits per heavy atom. The number of aromatic amines is 1. The fraction of sp³-hybridized carbons (Fsp3) is 0.0667. The van der Waals surface area contributed by atoms with Gasteiger partial charge in [-0.25, -0.2) is 13.9 Å². The number of nitrogens with two attached hydrogens (primary N) is 2. The number of benzene rings is 2. The number of hydrogen-bond donors (Lipinski definition) is 3. The molecule has 2 aromatic carbocycles. The number of anilines is 2. The summed E-state index contributed by atoms with van der Waals surface area (Å²) in [5, 5.41) is 6.45. The quantitative estimate of drug-likeness (QED) is 0.601. The minimum atomic E-state index is -1.09. The molecule has 0 aliphatic heterocycles. The molecule has 1 aromatic heterocycles. The van der Waals surface area contributed by atoms with Crippen LogP contribution in [0.2, 0.25) is 0 Å². The third-order valence-corrected chi connectivity index (χ3v) is 3.51. The molecule has 7 heteroatoms. The molecule has 22 heavy (non-hydrogen) atoms. The van der Waals surface area contributed by atoms with Gasteiger partial charge in [-0.3, -0.25) is 4.79 Å². The van der Waals surface area contributed by atoms with Gasteiger partial charge in [0.05, 0.1) is 22.5 Å². The molecule has 0 radical (unpaired) electrons. The van der Waals surface area contributed by atoms with Gasteiger partial charge in [0.25, 0.3) is 5.56 Å². The van der Waals surface area contributed by atoms with E-state index in [1.54, 1.807) is 19.1 Å². The van der Waals surface area contributed by atoms with Crippen LogP contribution in [0.25, 0.3) is 22.0 Å². The summed E-state index contributed by atoms with van der Waals surface area (Å²) < 4.78 is 26.9. The van der Waals surface area contributed by atoms with Crippen molar-refractivity contribution in [1.82, 2.24) is 10.2 Å². The highest BCUT2D eigenvalue weighted by atomic mass is 19.2. The van der Waals surface area contributed by atoms with Gasteiger partial charge in [0.1, 0.15) is 0 Å². The number of H-pyrrole nitrogens is 1. The number of nitrogen functional groups attached to an aromatic ring is 2. The topological polar surface area (TPSA) is 97.8 Å². The lowest BCUT2D eigenvalue weighted by Crippen LogP contribution is -2.11. The van der Waals surface area contributed by atoms with Crippen molar-refractivity contribution in [1.29, 1.82) is 0 Å². The second-order valence-electron chi connectivity index (χ2n) is 5.01. The first-order valence-electron chi connectivity index (χ1n) is 6.42. The molecule has 0 atom stereocenters. The van der Waals surface area contributed by atoms with E-state index in [0.717, 1.165) is 17.7 Å². The molecule has 0 saturated heterocycles. The number of aromatic nitrogens is 2. The van der Waals surface area contributed by atoms with Gasteiger partial charge in [0, 0.05) is 10.9 Å². The molecule has 0 spiro atoms. The molecule has 0 bridgehead atoms. The summed E-state index contributed by atoms with van der Waals surface area (Å²) in [5.41, 5.74) is 13.3. The molecular formula is C15H12F2N4O. The molecule has 3 aromatic rings. The number of aryl methyl sites for hydroxylation is 1. The van der Waals surface area contributed by atoms with Crippen LogP contribution in [0.1, 0.15) is 5.56 Å². The van der Waals surface area contributed by atoms with Crippen LogP contribution in [0.4, 0.5) is 20.2 Å². The molecule has 0 unspecified atom stereocenters. The zero-order chi connectivity index (χ0) is 16.0. The van der Waals surface area contributed by atoms with Crippen LogP contribution in [0.3, 0.4) is 0 Å².